The molecular weight excluding hydrogens is 342 g/mol. The normalized spacial score (nSPS) is 28.5. The van der Waals surface area contributed by atoms with E-state index in [2.05, 4.69) is 0 Å². The van der Waals surface area contributed by atoms with Crippen LogP contribution < -0.4 is 9.64 Å². The molecule has 5 nitrogen and oxygen atoms in total. The zero-order chi connectivity index (χ0) is 18.5. The van der Waals surface area contributed by atoms with Crippen LogP contribution in [0.25, 0.3) is 0 Å². The molecule has 0 N–H and O–H groups in total. The minimum atomic E-state index is -0.471. The number of hydrogen-bond acceptors (Lipinski definition) is 4. The molecule has 5 rings (SSSR count). The van der Waals surface area contributed by atoms with Crippen molar-refractivity contribution in [2.75, 3.05) is 4.90 Å². The van der Waals surface area contributed by atoms with E-state index in [4.69, 9.17) is 4.74 Å². The van der Waals surface area contributed by atoms with Crippen LogP contribution in [0.1, 0.15) is 29.6 Å². The van der Waals surface area contributed by atoms with Gasteiger partial charge in [-0.15, -0.1) is 0 Å². The number of carbonyl (C=O) groups is 3. The SMILES string of the molecule is O=C(Oc1cccc(N2C(=O)[C@@H]3[C@H]4CC[C@@H](C4)[C@@H]3C2=O)c1)c1ccccc1. The first kappa shape index (κ1) is 16.2. The highest BCUT2D eigenvalue weighted by Crippen LogP contribution is 2.56. The topological polar surface area (TPSA) is 63.7 Å². The molecule has 1 heterocycles. The molecule has 1 aliphatic heterocycles. The molecule has 0 aromatic heterocycles. The van der Waals surface area contributed by atoms with Crippen molar-refractivity contribution in [3.8, 4) is 5.75 Å². The van der Waals surface area contributed by atoms with Crippen molar-refractivity contribution in [2.24, 2.45) is 23.7 Å². The molecule has 2 amide bonds. The zero-order valence-electron chi connectivity index (χ0n) is 14.7. The largest absolute Gasteiger partial charge is 0.423 e. The predicted molar refractivity (Wildman–Crippen MR) is 98.1 cm³/mol. The number of hydrogen-bond donors (Lipinski definition) is 0. The van der Waals surface area contributed by atoms with Crippen molar-refractivity contribution < 1.29 is 19.1 Å². The van der Waals surface area contributed by atoms with Crippen molar-refractivity contribution in [3.05, 3.63) is 60.2 Å². The van der Waals surface area contributed by atoms with Gasteiger partial charge in [0.1, 0.15) is 5.75 Å². The van der Waals surface area contributed by atoms with Crippen LogP contribution >= 0.6 is 0 Å². The van der Waals surface area contributed by atoms with Gasteiger partial charge in [0, 0.05) is 6.07 Å². The summed E-state index contributed by atoms with van der Waals surface area (Å²) in [5, 5.41) is 0. The van der Waals surface area contributed by atoms with E-state index in [-0.39, 0.29) is 23.7 Å². The Morgan fingerprint density at radius 3 is 2.22 bits per heavy atom. The second-order valence-electron chi connectivity index (χ2n) is 7.65. The minimum absolute atomic E-state index is 0.0938. The minimum Gasteiger partial charge on any atom is -0.423 e. The third kappa shape index (κ3) is 2.49. The van der Waals surface area contributed by atoms with E-state index in [1.54, 1.807) is 48.5 Å². The molecule has 2 aromatic rings. The molecule has 136 valence electrons. The van der Waals surface area contributed by atoms with Crippen molar-refractivity contribution in [2.45, 2.75) is 19.3 Å². The average Bonchev–Trinajstić information content (AvgIpc) is 3.36. The van der Waals surface area contributed by atoms with Crippen LogP contribution in [0.15, 0.2) is 54.6 Å². The molecule has 3 aliphatic rings. The fourth-order valence-electron chi connectivity index (χ4n) is 5.09. The molecule has 2 aromatic carbocycles. The third-order valence-corrected chi connectivity index (χ3v) is 6.22. The molecule has 5 heteroatoms. The van der Waals surface area contributed by atoms with Crippen molar-refractivity contribution in [1.82, 2.24) is 0 Å². The van der Waals surface area contributed by atoms with Gasteiger partial charge in [-0.2, -0.15) is 0 Å². The van der Waals surface area contributed by atoms with E-state index in [1.165, 1.54) is 4.90 Å². The highest BCUT2D eigenvalue weighted by atomic mass is 16.5. The van der Waals surface area contributed by atoms with Gasteiger partial charge in [0.15, 0.2) is 0 Å². The van der Waals surface area contributed by atoms with Gasteiger partial charge in [0.05, 0.1) is 23.1 Å². The van der Waals surface area contributed by atoms with Crippen LogP contribution in [0.5, 0.6) is 5.75 Å². The maximum absolute atomic E-state index is 12.9. The highest BCUT2D eigenvalue weighted by Gasteiger charge is 2.61. The number of carbonyl (C=O) groups excluding carboxylic acids is 3. The summed E-state index contributed by atoms with van der Waals surface area (Å²) in [5.41, 5.74) is 0.930. The van der Waals surface area contributed by atoms with E-state index < -0.39 is 5.97 Å². The molecule has 0 radical (unpaired) electrons. The van der Waals surface area contributed by atoms with Gasteiger partial charge in [-0.05, 0) is 55.4 Å². The summed E-state index contributed by atoms with van der Waals surface area (Å²) < 4.78 is 5.43. The van der Waals surface area contributed by atoms with Gasteiger partial charge >= 0.3 is 5.97 Å². The molecule has 27 heavy (non-hydrogen) atoms. The van der Waals surface area contributed by atoms with Crippen molar-refractivity contribution in [1.29, 1.82) is 0 Å². The lowest BCUT2D eigenvalue weighted by atomic mass is 9.81. The Morgan fingerprint density at radius 1 is 0.889 bits per heavy atom. The number of amides is 2. The average molecular weight is 361 g/mol. The summed E-state index contributed by atoms with van der Waals surface area (Å²) in [5.74, 6) is 0.0378. The van der Waals surface area contributed by atoms with Crippen molar-refractivity contribution in [3.63, 3.8) is 0 Å². The Kier molecular flexibility index (Phi) is 3.64. The maximum atomic E-state index is 12.9. The maximum Gasteiger partial charge on any atom is 0.343 e. The molecule has 0 spiro atoms. The first-order valence-corrected chi connectivity index (χ1v) is 9.38. The lowest BCUT2D eigenvalue weighted by molar-refractivity contribution is -0.123. The van der Waals surface area contributed by atoms with Crippen molar-refractivity contribution >= 4 is 23.5 Å². The highest BCUT2D eigenvalue weighted by molar-refractivity contribution is 6.22. The second-order valence-corrected chi connectivity index (χ2v) is 7.65. The Hall–Kier alpha value is -2.95. The summed E-state index contributed by atoms with van der Waals surface area (Å²) in [4.78, 5) is 39.4. The number of anilines is 1. The van der Waals surface area contributed by atoms with Gasteiger partial charge in [-0.3, -0.25) is 9.59 Å². The van der Waals surface area contributed by atoms with Crippen LogP contribution in [-0.2, 0) is 9.59 Å². The summed E-state index contributed by atoms with van der Waals surface area (Å²) in [6.07, 6.45) is 3.11. The standard InChI is InChI=1S/C22H19NO4/c24-20-18-14-9-10-15(11-14)19(18)21(25)23(20)16-7-4-8-17(12-16)27-22(26)13-5-2-1-3-6-13/h1-8,12,14-15,18-19H,9-11H2/t14-,15-,18-,19+/m0/s1. The summed E-state index contributed by atoms with van der Waals surface area (Å²) >= 11 is 0. The Balaban J connectivity index is 1.40. The molecule has 3 fully saturated rings. The predicted octanol–water partition coefficient (Wildman–Crippen LogP) is 3.44. The van der Waals surface area contributed by atoms with Gasteiger partial charge in [0.25, 0.3) is 0 Å². The van der Waals surface area contributed by atoms with E-state index in [0.29, 0.717) is 28.8 Å². The number of benzene rings is 2. The smallest absolute Gasteiger partial charge is 0.343 e. The lowest BCUT2D eigenvalue weighted by Gasteiger charge is -2.19. The quantitative estimate of drug-likeness (QED) is 0.477. The Bertz CT molecular complexity index is 910. The van der Waals surface area contributed by atoms with Crippen LogP contribution in [0, 0.1) is 23.7 Å². The van der Waals surface area contributed by atoms with E-state index in [1.807, 2.05) is 6.07 Å². The molecule has 2 saturated carbocycles. The second kappa shape index (κ2) is 6.05. The van der Waals surface area contributed by atoms with Gasteiger partial charge < -0.3 is 4.74 Å². The van der Waals surface area contributed by atoms with Crippen LogP contribution in [0.3, 0.4) is 0 Å². The number of imide groups is 1. The Morgan fingerprint density at radius 2 is 1.56 bits per heavy atom. The number of nitrogens with zero attached hydrogens (tertiary/aromatic N) is 1. The van der Waals surface area contributed by atoms with Gasteiger partial charge in [-0.25, -0.2) is 9.69 Å². The molecule has 0 unspecified atom stereocenters. The molecular formula is C22H19NO4. The van der Waals surface area contributed by atoms with E-state index >= 15 is 0 Å². The zero-order valence-corrected chi connectivity index (χ0v) is 14.7. The fourth-order valence-corrected chi connectivity index (χ4v) is 5.09. The van der Waals surface area contributed by atoms with Crippen LogP contribution in [0.2, 0.25) is 0 Å². The van der Waals surface area contributed by atoms with Gasteiger partial charge in [-0.1, -0.05) is 24.3 Å². The Labute approximate surface area is 156 Å². The number of esters is 1. The first-order valence-electron chi connectivity index (χ1n) is 9.38. The van der Waals surface area contributed by atoms with E-state index in [0.717, 1.165) is 19.3 Å². The summed E-state index contributed by atoms with van der Waals surface area (Å²) in [7, 11) is 0. The summed E-state index contributed by atoms with van der Waals surface area (Å²) in [6, 6.07) is 15.4. The summed E-state index contributed by atoms with van der Waals surface area (Å²) in [6.45, 7) is 0. The molecule has 4 atom stereocenters. The van der Waals surface area contributed by atoms with Gasteiger partial charge in [0.2, 0.25) is 11.8 Å². The molecule has 2 bridgehead atoms. The van der Waals surface area contributed by atoms with E-state index in [9.17, 15) is 14.4 Å². The number of rotatable bonds is 3. The lowest BCUT2D eigenvalue weighted by Crippen LogP contribution is -2.32. The molecule has 1 saturated heterocycles. The first-order chi connectivity index (χ1) is 13.1. The fraction of sp³-hybridized carbons (Fsp3) is 0.318. The number of fused-ring (bicyclic) bond motifs is 5. The number of ether oxygens (including phenoxy) is 1. The van der Waals surface area contributed by atoms with Crippen LogP contribution in [-0.4, -0.2) is 17.8 Å². The third-order valence-electron chi connectivity index (χ3n) is 6.22. The monoisotopic (exact) mass is 361 g/mol. The molecule has 2 aliphatic carbocycles. The van der Waals surface area contributed by atoms with Crippen LogP contribution in [0.4, 0.5) is 5.69 Å².